The highest BCUT2D eigenvalue weighted by Gasteiger charge is 2.20. The van der Waals surface area contributed by atoms with Crippen LogP contribution in [0.2, 0.25) is 5.02 Å². The maximum atomic E-state index is 13.2. The topological polar surface area (TPSA) is 61.4 Å². The first kappa shape index (κ1) is 22.2. The predicted molar refractivity (Wildman–Crippen MR) is 118 cm³/mol. The van der Waals surface area contributed by atoms with Crippen LogP contribution in [0.25, 0.3) is 0 Å². The Morgan fingerprint density at radius 3 is 2.37 bits per heavy atom. The zero-order valence-electron chi connectivity index (χ0n) is 17.1. The van der Waals surface area contributed by atoms with Gasteiger partial charge in [-0.25, -0.2) is 4.39 Å². The number of anilines is 2. The summed E-state index contributed by atoms with van der Waals surface area (Å²) in [6.07, 6.45) is 3.43. The Kier molecular flexibility index (Phi) is 7.82. The van der Waals surface area contributed by atoms with Crippen molar-refractivity contribution < 1.29 is 14.0 Å². The zero-order valence-corrected chi connectivity index (χ0v) is 17.8. The molecule has 7 heteroatoms. The summed E-state index contributed by atoms with van der Waals surface area (Å²) in [6, 6.07) is 12.1. The first-order valence-corrected chi connectivity index (χ1v) is 10.6. The molecule has 2 aromatic rings. The molecular weight excluding hydrogens is 405 g/mol. The van der Waals surface area contributed by atoms with Gasteiger partial charge < -0.3 is 10.6 Å². The van der Waals surface area contributed by atoms with Crippen LogP contribution in [0.5, 0.6) is 0 Å². The number of nitrogens with one attached hydrogen (secondary N) is 2. The van der Waals surface area contributed by atoms with Crippen molar-refractivity contribution in [3.05, 3.63) is 58.9 Å². The SMILES string of the molecule is CC(=O)Nc1ccc(CN2CCC(CCC(=O)Nc3ccc(F)c(Cl)c3)CC2)cc1. The molecule has 0 aromatic heterocycles. The van der Waals surface area contributed by atoms with E-state index in [1.165, 1.54) is 30.7 Å². The van der Waals surface area contributed by atoms with E-state index in [9.17, 15) is 14.0 Å². The molecule has 1 aliphatic heterocycles. The molecule has 2 aromatic carbocycles. The van der Waals surface area contributed by atoms with Crippen LogP contribution >= 0.6 is 11.6 Å². The smallest absolute Gasteiger partial charge is 0.224 e. The summed E-state index contributed by atoms with van der Waals surface area (Å²) >= 11 is 5.75. The van der Waals surface area contributed by atoms with Crippen molar-refractivity contribution in [3.8, 4) is 0 Å². The van der Waals surface area contributed by atoms with Crippen molar-refractivity contribution in [3.63, 3.8) is 0 Å². The summed E-state index contributed by atoms with van der Waals surface area (Å²) in [7, 11) is 0. The van der Waals surface area contributed by atoms with Crippen LogP contribution in [0, 0.1) is 11.7 Å². The number of hydrogen-bond donors (Lipinski definition) is 2. The normalized spacial score (nSPS) is 15.0. The third-order valence-corrected chi connectivity index (χ3v) is 5.66. The van der Waals surface area contributed by atoms with Gasteiger partial charge in [0.15, 0.2) is 0 Å². The third kappa shape index (κ3) is 6.82. The number of halogens is 2. The van der Waals surface area contributed by atoms with Gasteiger partial charge in [0, 0.05) is 31.3 Å². The molecule has 0 radical (unpaired) electrons. The van der Waals surface area contributed by atoms with Gasteiger partial charge in [-0.1, -0.05) is 23.7 Å². The van der Waals surface area contributed by atoms with Crippen LogP contribution in [0.3, 0.4) is 0 Å². The molecule has 160 valence electrons. The molecule has 3 rings (SSSR count). The fraction of sp³-hybridized carbons (Fsp3) is 0.391. The highest BCUT2D eigenvalue weighted by Crippen LogP contribution is 2.24. The maximum Gasteiger partial charge on any atom is 0.224 e. The lowest BCUT2D eigenvalue weighted by molar-refractivity contribution is -0.116. The predicted octanol–water partition coefficient (Wildman–Crippen LogP) is 5.07. The molecule has 1 fully saturated rings. The number of likely N-dealkylation sites (tertiary alicyclic amines) is 1. The molecule has 30 heavy (non-hydrogen) atoms. The summed E-state index contributed by atoms with van der Waals surface area (Å²) < 4.78 is 13.2. The molecule has 2 N–H and O–H groups in total. The average Bonchev–Trinajstić information content (AvgIpc) is 2.71. The zero-order chi connectivity index (χ0) is 21.5. The molecule has 0 bridgehead atoms. The second-order valence-electron chi connectivity index (χ2n) is 7.81. The van der Waals surface area contributed by atoms with Crippen LogP contribution in [-0.2, 0) is 16.1 Å². The van der Waals surface area contributed by atoms with Crippen molar-refractivity contribution in [2.45, 2.75) is 39.2 Å². The standard InChI is InChI=1S/C23H27ClFN3O2/c1-16(29)26-19-5-2-18(3-6-19)15-28-12-10-17(11-13-28)4-9-23(30)27-20-7-8-22(25)21(24)14-20/h2-3,5-8,14,17H,4,9-13,15H2,1H3,(H,26,29)(H,27,30). The first-order chi connectivity index (χ1) is 14.4. The van der Waals surface area contributed by atoms with Gasteiger partial charge in [0.05, 0.1) is 5.02 Å². The van der Waals surface area contributed by atoms with Crippen molar-refractivity contribution in [1.82, 2.24) is 4.90 Å². The fourth-order valence-electron chi connectivity index (χ4n) is 3.72. The van der Waals surface area contributed by atoms with Crippen LogP contribution in [0.1, 0.15) is 38.2 Å². The number of hydrogen-bond acceptors (Lipinski definition) is 3. The van der Waals surface area contributed by atoms with Crippen molar-refractivity contribution in [2.75, 3.05) is 23.7 Å². The molecule has 1 aliphatic rings. The minimum Gasteiger partial charge on any atom is -0.326 e. The van der Waals surface area contributed by atoms with Crippen molar-refractivity contribution in [1.29, 1.82) is 0 Å². The van der Waals surface area contributed by atoms with E-state index in [0.717, 1.165) is 44.6 Å². The molecule has 0 aliphatic carbocycles. The number of piperidine rings is 1. The van der Waals surface area contributed by atoms with Crippen LogP contribution in [0.4, 0.5) is 15.8 Å². The second kappa shape index (κ2) is 10.5. The maximum absolute atomic E-state index is 13.2. The Bertz CT molecular complexity index is 881. The quantitative estimate of drug-likeness (QED) is 0.643. The number of amides is 2. The molecule has 5 nitrogen and oxygen atoms in total. The van der Waals surface area contributed by atoms with Crippen LogP contribution in [-0.4, -0.2) is 29.8 Å². The first-order valence-electron chi connectivity index (χ1n) is 10.2. The molecular formula is C23H27ClFN3O2. The van der Waals surface area contributed by atoms with E-state index in [-0.39, 0.29) is 16.8 Å². The Hall–Kier alpha value is -2.44. The highest BCUT2D eigenvalue weighted by atomic mass is 35.5. The monoisotopic (exact) mass is 431 g/mol. The minimum absolute atomic E-state index is 0.00456. The van der Waals surface area contributed by atoms with Gasteiger partial charge in [0.25, 0.3) is 0 Å². The summed E-state index contributed by atoms with van der Waals surface area (Å²) in [4.78, 5) is 25.7. The Morgan fingerprint density at radius 2 is 1.73 bits per heavy atom. The van der Waals surface area contributed by atoms with E-state index in [1.54, 1.807) is 0 Å². The van der Waals surface area contributed by atoms with Gasteiger partial charge in [-0.05, 0) is 74.2 Å². The van der Waals surface area contributed by atoms with E-state index in [2.05, 4.69) is 15.5 Å². The largest absolute Gasteiger partial charge is 0.326 e. The lowest BCUT2D eigenvalue weighted by Gasteiger charge is -2.32. The Labute approximate surface area is 181 Å². The number of carbonyl (C=O) groups excluding carboxylic acids is 2. The van der Waals surface area contributed by atoms with Crippen LogP contribution < -0.4 is 10.6 Å². The van der Waals surface area contributed by atoms with Gasteiger partial charge in [-0.15, -0.1) is 0 Å². The second-order valence-corrected chi connectivity index (χ2v) is 8.22. The van der Waals surface area contributed by atoms with E-state index in [0.29, 0.717) is 18.0 Å². The van der Waals surface area contributed by atoms with E-state index in [1.807, 2.05) is 24.3 Å². The van der Waals surface area contributed by atoms with Gasteiger partial charge >= 0.3 is 0 Å². The summed E-state index contributed by atoms with van der Waals surface area (Å²) in [6.45, 7) is 4.40. The highest BCUT2D eigenvalue weighted by molar-refractivity contribution is 6.31. The number of nitrogens with zero attached hydrogens (tertiary/aromatic N) is 1. The number of carbonyl (C=O) groups is 2. The minimum atomic E-state index is -0.495. The van der Waals surface area contributed by atoms with Gasteiger partial charge in [-0.3, -0.25) is 14.5 Å². The molecule has 2 amide bonds. The van der Waals surface area contributed by atoms with E-state index in [4.69, 9.17) is 11.6 Å². The molecule has 0 spiro atoms. The molecule has 0 unspecified atom stereocenters. The van der Waals surface area contributed by atoms with Crippen molar-refractivity contribution in [2.24, 2.45) is 5.92 Å². The van der Waals surface area contributed by atoms with Gasteiger partial charge in [-0.2, -0.15) is 0 Å². The van der Waals surface area contributed by atoms with E-state index >= 15 is 0 Å². The summed E-state index contributed by atoms with van der Waals surface area (Å²) in [5.41, 5.74) is 2.55. The molecule has 0 saturated carbocycles. The Morgan fingerprint density at radius 1 is 1.07 bits per heavy atom. The summed E-state index contributed by atoms with van der Waals surface area (Å²) in [5, 5.41) is 5.56. The molecule has 1 heterocycles. The van der Waals surface area contributed by atoms with Crippen molar-refractivity contribution >= 4 is 34.8 Å². The average molecular weight is 432 g/mol. The summed E-state index contributed by atoms with van der Waals surface area (Å²) in [5.74, 6) is -0.102. The lowest BCUT2D eigenvalue weighted by atomic mass is 9.92. The number of rotatable bonds is 7. The van der Waals surface area contributed by atoms with Gasteiger partial charge in [0.1, 0.15) is 5.82 Å². The molecule has 1 saturated heterocycles. The lowest BCUT2D eigenvalue weighted by Crippen LogP contribution is -2.33. The van der Waals surface area contributed by atoms with Crippen LogP contribution in [0.15, 0.2) is 42.5 Å². The van der Waals surface area contributed by atoms with E-state index < -0.39 is 5.82 Å². The fourth-order valence-corrected chi connectivity index (χ4v) is 3.90. The molecule has 0 atom stereocenters. The van der Waals surface area contributed by atoms with Gasteiger partial charge in [0.2, 0.25) is 11.8 Å². The third-order valence-electron chi connectivity index (χ3n) is 5.37. The number of benzene rings is 2. The Balaban J connectivity index is 1.37.